The average molecular weight is 307 g/mol. The largest absolute Gasteiger partial charge is 0.284 e. The zero-order valence-corrected chi connectivity index (χ0v) is 12.8. The Bertz CT molecular complexity index is 722. The molecule has 2 aromatic rings. The van der Waals surface area contributed by atoms with Crippen molar-refractivity contribution in [3.05, 3.63) is 35.7 Å². The smallest absolute Gasteiger partial charge is 0.246 e. The third-order valence-corrected chi connectivity index (χ3v) is 5.45. The van der Waals surface area contributed by atoms with E-state index in [1.807, 2.05) is 19.9 Å². The first-order valence-corrected chi connectivity index (χ1v) is 8.25. The van der Waals surface area contributed by atoms with E-state index in [2.05, 4.69) is 20.2 Å². The van der Waals surface area contributed by atoms with Gasteiger partial charge in [0.25, 0.3) is 0 Å². The van der Waals surface area contributed by atoms with Gasteiger partial charge >= 0.3 is 0 Å². The van der Waals surface area contributed by atoms with E-state index in [1.165, 1.54) is 16.7 Å². The third-order valence-electron chi connectivity index (χ3n) is 3.58. The van der Waals surface area contributed by atoms with Crippen LogP contribution in [0.5, 0.6) is 0 Å². The summed E-state index contributed by atoms with van der Waals surface area (Å²) in [6.07, 6.45) is 4.26. The highest BCUT2D eigenvalue weighted by molar-refractivity contribution is 7.89. The Hall–Kier alpha value is -1.80. The van der Waals surface area contributed by atoms with Crippen LogP contribution in [0.4, 0.5) is 0 Å². The molecule has 8 heteroatoms. The van der Waals surface area contributed by atoms with Crippen molar-refractivity contribution in [3.8, 4) is 0 Å². The first kappa shape index (κ1) is 14.2. The molecule has 0 spiro atoms. The molecule has 3 rings (SSSR count). The van der Waals surface area contributed by atoms with Gasteiger partial charge < -0.3 is 0 Å². The number of nitrogens with zero attached hydrogens (tertiary/aromatic N) is 4. The predicted octanol–water partition coefficient (Wildman–Crippen LogP) is 1.34. The number of sulfonamides is 1. The lowest BCUT2D eigenvalue weighted by molar-refractivity contribution is 0.382. The molecule has 0 saturated carbocycles. The second kappa shape index (κ2) is 5.19. The van der Waals surface area contributed by atoms with Crippen LogP contribution in [0.1, 0.15) is 36.1 Å². The highest BCUT2D eigenvalue weighted by Crippen LogP contribution is 2.34. The van der Waals surface area contributed by atoms with Crippen LogP contribution in [0.2, 0.25) is 0 Å². The van der Waals surface area contributed by atoms with Gasteiger partial charge in [0.2, 0.25) is 10.0 Å². The quantitative estimate of drug-likeness (QED) is 0.924. The van der Waals surface area contributed by atoms with E-state index in [1.54, 1.807) is 0 Å². The first-order chi connectivity index (χ1) is 9.98. The summed E-state index contributed by atoms with van der Waals surface area (Å²) in [5.74, 6) is 0.581. The Morgan fingerprint density at radius 1 is 1.29 bits per heavy atom. The molecule has 21 heavy (non-hydrogen) atoms. The fourth-order valence-electron chi connectivity index (χ4n) is 2.70. The number of hydrogen-bond acceptors (Lipinski definition) is 5. The fourth-order valence-corrected chi connectivity index (χ4v) is 4.27. The molecule has 0 aromatic carbocycles. The molecule has 7 nitrogen and oxygen atoms in total. The van der Waals surface area contributed by atoms with E-state index in [-0.39, 0.29) is 10.9 Å². The van der Waals surface area contributed by atoms with Gasteiger partial charge in [0.15, 0.2) is 0 Å². The Balaban J connectivity index is 2.00. The van der Waals surface area contributed by atoms with E-state index < -0.39 is 10.0 Å². The zero-order chi connectivity index (χ0) is 15.0. The standard InChI is InChI=1S/C13H17N5O2S/c1-9-6-10(2)17-13(16-9)12-4-3-5-18(12)21(19,20)11-7-14-15-8-11/h6-8,12H,3-5H2,1-2H3,(H,14,15)/t12-/m0/s1. The van der Waals surface area contributed by atoms with Crippen molar-refractivity contribution in [2.45, 2.75) is 37.6 Å². The molecule has 3 heterocycles. The van der Waals surface area contributed by atoms with Crippen LogP contribution in [0.25, 0.3) is 0 Å². The van der Waals surface area contributed by atoms with Gasteiger partial charge in [-0.05, 0) is 32.8 Å². The van der Waals surface area contributed by atoms with Gasteiger partial charge in [-0.25, -0.2) is 18.4 Å². The molecule has 0 unspecified atom stereocenters. The molecule has 1 N–H and O–H groups in total. The normalized spacial score (nSPS) is 20.0. The van der Waals surface area contributed by atoms with Gasteiger partial charge in [0.05, 0.1) is 12.2 Å². The van der Waals surface area contributed by atoms with Crippen molar-refractivity contribution in [3.63, 3.8) is 0 Å². The predicted molar refractivity (Wildman–Crippen MR) is 76.0 cm³/mol. The van der Waals surface area contributed by atoms with Crippen molar-refractivity contribution >= 4 is 10.0 Å². The van der Waals surface area contributed by atoms with Gasteiger partial charge in [-0.15, -0.1) is 0 Å². The van der Waals surface area contributed by atoms with Crippen LogP contribution in [0, 0.1) is 13.8 Å². The van der Waals surface area contributed by atoms with Crippen molar-refractivity contribution in [1.29, 1.82) is 0 Å². The van der Waals surface area contributed by atoms with Crippen LogP contribution < -0.4 is 0 Å². The topological polar surface area (TPSA) is 91.8 Å². The minimum Gasteiger partial charge on any atom is -0.284 e. The number of H-pyrrole nitrogens is 1. The highest BCUT2D eigenvalue weighted by atomic mass is 32.2. The maximum absolute atomic E-state index is 12.7. The van der Waals surface area contributed by atoms with Gasteiger partial charge in [-0.3, -0.25) is 5.10 Å². The molecule has 1 aliphatic rings. The summed E-state index contributed by atoms with van der Waals surface area (Å²) in [6.45, 7) is 4.26. The molecule has 112 valence electrons. The highest BCUT2D eigenvalue weighted by Gasteiger charge is 2.38. The number of aryl methyl sites for hydroxylation is 2. The Morgan fingerprint density at radius 2 is 2.00 bits per heavy atom. The summed E-state index contributed by atoms with van der Waals surface area (Å²) in [5, 5.41) is 6.27. The van der Waals surface area contributed by atoms with Crippen molar-refractivity contribution in [2.24, 2.45) is 0 Å². The summed E-state index contributed by atoms with van der Waals surface area (Å²) < 4.78 is 26.8. The summed E-state index contributed by atoms with van der Waals surface area (Å²) in [6, 6.07) is 1.58. The fraction of sp³-hybridized carbons (Fsp3) is 0.462. The summed E-state index contributed by atoms with van der Waals surface area (Å²) in [5.41, 5.74) is 1.70. The van der Waals surface area contributed by atoms with Crippen molar-refractivity contribution in [2.75, 3.05) is 6.54 Å². The lowest BCUT2D eigenvalue weighted by Crippen LogP contribution is -2.31. The number of rotatable bonds is 3. The molecule has 1 saturated heterocycles. The van der Waals surface area contributed by atoms with Gasteiger partial charge in [-0.2, -0.15) is 9.40 Å². The maximum atomic E-state index is 12.7. The summed E-state index contributed by atoms with van der Waals surface area (Å²) in [7, 11) is -3.56. The van der Waals surface area contributed by atoms with Gasteiger partial charge in [-0.1, -0.05) is 0 Å². The van der Waals surface area contributed by atoms with E-state index in [0.29, 0.717) is 12.4 Å². The molecule has 1 aliphatic heterocycles. The number of hydrogen-bond donors (Lipinski definition) is 1. The monoisotopic (exact) mass is 307 g/mol. The van der Waals surface area contributed by atoms with E-state index in [4.69, 9.17) is 0 Å². The van der Waals surface area contributed by atoms with Gasteiger partial charge in [0, 0.05) is 24.1 Å². The molecule has 0 radical (unpaired) electrons. The van der Waals surface area contributed by atoms with E-state index >= 15 is 0 Å². The van der Waals surface area contributed by atoms with Crippen molar-refractivity contribution < 1.29 is 8.42 Å². The van der Waals surface area contributed by atoms with Crippen LogP contribution in [-0.4, -0.2) is 39.4 Å². The van der Waals surface area contributed by atoms with Gasteiger partial charge in [0.1, 0.15) is 10.7 Å². The Morgan fingerprint density at radius 3 is 2.62 bits per heavy atom. The first-order valence-electron chi connectivity index (χ1n) is 6.81. The van der Waals surface area contributed by atoms with Crippen LogP contribution >= 0.6 is 0 Å². The Kier molecular flexibility index (Phi) is 3.50. The number of nitrogens with one attached hydrogen (secondary N) is 1. The minimum atomic E-state index is -3.56. The van der Waals surface area contributed by atoms with Crippen LogP contribution in [0.3, 0.4) is 0 Å². The van der Waals surface area contributed by atoms with E-state index in [9.17, 15) is 8.42 Å². The van der Waals surface area contributed by atoms with Crippen LogP contribution in [-0.2, 0) is 10.0 Å². The molecule has 0 amide bonds. The second-order valence-corrected chi connectivity index (χ2v) is 7.11. The summed E-state index contributed by atoms with van der Waals surface area (Å²) >= 11 is 0. The third kappa shape index (κ3) is 2.56. The molecule has 1 atom stereocenters. The molecule has 2 aromatic heterocycles. The van der Waals surface area contributed by atoms with Crippen molar-refractivity contribution in [1.82, 2.24) is 24.5 Å². The molecule has 1 fully saturated rings. The SMILES string of the molecule is Cc1cc(C)nc([C@@H]2CCCN2S(=O)(=O)c2cn[nH]c2)n1. The number of aromatic nitrogens is 4. The average Bonchev–Trinajstić information content (AvgIpc) is 3.10. The van der Waals surface area contributed by atoms with Crippen LogP contribution in [0.15, 0.2) is 23.4 Å². The lowest BCUT2D eigenvalue weighted by Gasteiger charge is -2.22. The second-order valence-electron chi connectivity index (χ2n) is 5.22. The zero-order valence-electron chi connectivity index (χ0n) is 11.9. The molecular weight excluding hydrogens is 290 g/mol. The minimum absolute atomic E-state index is 0.179. The molecule has 0 aliphatic carbocycles. The lowest BCUT2D eigenvalue weighted by atomic mass is 10.2. The van der Waals surface area contributed by atoms with E-state index in [0.717, 1.165) is 24.2 Å². The Labute approximate surface area is 123 Å². The summed E-state index contributed by atoms with van der Waals surface area (Å²) in [4.78, 5) is 9.02. The maximum Gasteiger partial charge on any atom is 0.246 e. The molecule has 0 bridgehead atoms. The molecular formula is C13H17N5O2S. The number of aromatic amines is 1.